The van der Waals surface area contributed by atoms with Gasteiger partial charge >= 0.3 is 12.1 Å². The lowest BCUT2D eigenvalue weighted by Crippen LogP contribution is -2.41. The summed E-state index contributed by atoms with van der Waals surface area (Å²) in [6.45, 7) is 0.248. The van der Waals surface area contributed by atoms with Crippen molar-refractivity contribution in [1.82, 2.24) is 5.32 Å². The standard InChI is InChI=1S/C15H18F3NO2/c16-15(17,18)11-5-3-4-10(8-11)9-19-13-7-2-1-6-12(13)14(20)21/h3-5,8,12-13,19H,1-2,6-7,9H2,(H,20,21)/t12-,13+/m1/s1. The number of carboxylic acid groups (broad SMARTS) is 1. The summed E-state index contributed by atoms with van der Waals surface area (Å²) >= 11 is 0. The van der Waals surface area contributed by atoms with Gasteiger partial charge in [0.2, 0.25) is 0 Å². The lowest BCUT2D eigenvalue weighted by Gasteiger charge is -2.29. The fourth-order valence-electron chi connectivity index (χ4n) is 2.78. The number of benzene rings is 1. The van der Waals surface area contributed by atoms with Crippen molar-refractivity contribution in [3.05, 3.63) is 35.4 Å². The van der Waals surface area contributed by atoms with E-state index in [1.807, 2.05) is 0 Å². The van der Waals surface area contributed by atoms with Crippen LogP contribution in [0.3, 0.4) is 0 Å². The first-order valence-electron chi connectivity index (χ1n) is 7.00. The first kappa shape index (κ1) is 15.8. The summed E-state index contributed by atoms with van der Waals surface area (Å²) in [5.41, 5.74) is -0.167. The van der Waals surface area contributed by atoms with Gasteiger partial charge in [-0.05, 0) is 24.5 Å². The number of halogens is 3. The molecule has 0 saturated heterocycles. The summed E-state index contributed by atoms with van der Waals surface area (Å²) in [5, 5.41) is 12.3. The number of aliphatic carboxylic acids is 1. The van der Waals surface area contributed by atoms with E-state index in [2.05, 4.69) is 5.32 Å². The molecule has 0 radical (unpaired) electrons. The van der Waals surface area contributed by atoms with Crippen molar-refractivity contribution in [2.75, 3.05) is 0 Å². The average Bonchev–Trinajstić information content (AvgIpc) is 2.45. The molecule has 0 aromatic heterocycles. The van der Waals surface area contributed by atoms with Crippen molar-refractivity contribution in [3.8, 4) is 0 Å². The van der Waals surface area contributed by atoms with Crippen molar-refractivity contribution in [2.45, 2.75) is 44.4 Å². The Bertz CT molecular complexity index is 502. The summed E-state index contributed by atoms with van der Waals surface area (Å²) in [7, 11) is 0. The molecule has 2 atom stereocenters. The lowest BCUT2D eigenvalue weighted by molar-refractivity contribution is -0.143. The molecule has 21 heavy (non-hydrogen) atoms. The number of hydrogen-bond acceptors (Lipinski definition) is 2. The zero-order chi connectivity index (χ0) is 15.5. The Morgan fingerprint density at radius 1 is 1.29 bits per heavy atom. The molecule has 2 rings (SSSR count). The molecule has 0 spiro atoms. The van der Waals surface area contributed by atoms with Gasteiger partial charge in [-0.2, -0.15) is 13.2 Å². The molecular weight excluding hydrogens is 283 g/mol. The van der Waals surface area contributed by atoms with Gasteiger partial charge in [-0.15, -0.1) is 0 Å². The number of carboxylic acids is 1. The molecule has 1 aromatic rings. The molecule has 0 amide bonds. The molecule has 0 heterocycles. The van der Waals surface area contributed by atoms with Gasteiger partial charge in [-0.25, -0.2) is 0 Å². The molecule has 2 N–H and O–H groups in total. The fraction of sp³-hybridized carbons (Fsp3) is 0.533. The van der Waals surface area contributed by atoms with Gasteiger partial charge in [-0.1, -0.05) is 31.0 Å². The second-order valence-corrected chi connectivity index (χ2v) is 5.41. The second kappa shape index (κ2) is 6.47. The number of carbonyl (C=O) groups is 1. The number of hydrogen-bond donors (Lipinski definition) is 2. The molecule has 6 heteroatoms. The van der Waals surface area contributed by atoms with Crippen LogP contribution in [0.25, 0.3) is 0 Å². The summed E-state index contributed by atoms with van der Waals surface area (Å²) < 4.78 is 37.9. The molecule has 1 aliphatic carbocycles. The van der Waals surface area contributed by atoms with Crippen LogP contribution in [-0.4, -0.2) is 17.1 Å². The van der Waals surface area contributed by atoms with Gasteiger partial charge in [0.25, 0.3) is 0 Å². The van der Waals surface area contributed by atoms with Gasteiger partial charge in [-0.3, -0.25) is 4.79 Å². The third-order valence-corrected chi connectivity index (χ3v) is 3.91. The quantitative estimate of drug-likeness (QED) is 0.895. The minimum absolute atomic E-state index is 0.175. The highest BCUT2D eigenvalue weighted by Crippen LogP contribution is 2.30. The number of nitrogens with one attached hydrogen (secondary N) is 1. The van der Waals surface area contributed by atoms with Crippen LogP contribution < -0.4 is 5.32 Å². The fourth-order valence-corrected chi connectivity index (χ4v) is 2.78. The molecule has 1 saturated carbocycles. The molecule has 1 fully saturated rings. The van der Waals surface area contributed by atoms with Gasteiger partial charge in [0.1, 0.15) is 0 Å². The van der Waals surface area contributed by atoms with Crippen molar-refractivity contribution in [1.29, 1.82) is 0 Å². The zero-order valence-corrected chi connectivity index (χ0v) is 11.5. The average molecular weight is 301 g/mol. The van der Waals surface area contributed by atoms with Gasteiger partial charge in [0.15, 0.2) is 0 Å². The molecule has 0 bridgehead atoms. The summed E-state index contributed by atoms with van der Waals surface area (Å²) in [6, 6.07) is 4.94. The van der Waals surface area contributed by atoms with E-state index in [0.29, 0.717) is 12.0 Å². The van der Waals surface area contributed by atoms with Gasteiger partial charge in [0.05, 0.1) is 11.5 Å². The van der Waals surface area contributed by atoms with E-state index >= 15 is 0 Å². The van der Waals surface area contributed by atoms with E-state index in [-0.39, 0.29) is 12.6 Å². The molecule has 116 valence electrons. The zero-order valence-electron chi connectivity index (χ0n) is 11.5. The Labute approximate surface area is 121 Å². The topological polar surface area (TPSA) is 49.3 Å². The van der Waals surface area contributed by atoms with Crippen LogP contribution in [0, 0.1) is 5.92 Å². The Morgan fingerprint density at radius 2 is 2.00 bits per heavy atom. The van der Waals surface area contributed by atoms with Crippen LogP contribution in [0.4, 0.5) is 13.2 Å². The highest BCUT2D eigenvalue weighted by Gasteiger charge is 2.31. The van der Waals surface area contributed by atoms with E-state index in [1.165, 1.54) is 6.07 Å². The monoisotopic (exact) mass is 301 g/mol. The van der Waals surface area contributed by atoms with E-state index in [0.717, 1.165) is 31.4 Å². The first-order chi connectivity index (χ1) is 9.88. The van der Waals surface area contributed by atoms with Crippen molar-refractivity contribution in [3.63, 3.8) is 0 Å². The van der Waals surface area contributed by atoms with Crippen molar-refractivity contribution in [2.24, 2.45) is 5.92 Å². The molecule has 1 aromatic carbocycles. The maximum atomic E-state index is 12.6. The normalized spacial score (nSPS) is 23.0. The van der Waals surface area contributed by atoms with Crippen molar-refractivity contribution < 1.29 is 23.1 Å². The highest BCUT2D eigenvalue weighted by molar-refractivity contribution is 5.71. The van der Waals surface area contributed by atoms with Gasteiger partial charge in [0, 0.05) is 12.6 Å². The van der Waals surface area contributed by atoms with E-state index in [9.17, 15) is 18.0 Å². The Balaban J connectivity index is 2.00. The summed E-state index contributed by atoms with van der Waals surface area (Å²) in [4.78, 5) is 11.2. The Morgan fingerprint density at radius 3 is 2.67 bits per heavy atom. The Kier molecular flexibility index (Phi) is 4.88. The number of alkyl halides is 3. The summed E-state index contributed by atoms with van der Waals surface area (Å²) in [6.07, 6.45) is -1.15. The molecular formula is C15H18F3NO2. The number of rotatable bonds is 4. The van der Waals surface area contributed by atoms with Crippen LogP contribution in [0.5, 0.6) is 0 Å². The van der Waals surface area contributed by atoms with Crippen LogP contribution in [-0.2, 0) is 17.5 Å². The van der Waals surface area contributed by atoms with Gasteiger partial charge < -0.3 is 10.4 Å². The lowest BCUT2D eigenvalue weighted by atomic mass is 9.84. The van der Waals surface area contributed by atoms with Crippen molar-refractivity contribution >= 4 is 5.97 Å². The van der Waals surface area contributed by atoms with E-state index in [1.54, 1.807) is 6.07 Å². The predicted molar refractivity (Wildman–Crippen MR) is 71.7 cm³/mol. The smallest absolute Gasteiger partial charge is 0.416 e. The SMILES string of the molecule is O=C(O)[C@@H]1CCCC[C@@H]1NCc1cccc(C(F)(F)F)c1. The summed E-state index contributed by atoms with van der Waals surface area (Å²) in [5.74, 6) is -1.29. The molecule has 0 unspecified atom stereocenters. The van der Waals surface area contributed by atoms with Crippen LogP contribution in [0.1, 0.15) is 36.8 Å². The predicted octanol–water partition coefficient (Wildman–Crippen LogP) is 3.44. The Hall–Kier alpha value is -1.56. The van der Waals surface area contributed by atoms with Crippen LogP contribution >= 0.6 is 0 Å². The third-order valence-electron chi connectivity index (χ3n) is 3.91. The first-order valence-corrected chi connectivity index (χ1v) is 7.00. The van der Waals surface area contributed by atoms with Crippen LogP contribution in [0.15, 0.2) is 24.3 Å². The molecule has 0 aliphatic heterocycles. The third kappa shape index (κ3) is 4.20. The highest BCUT2D eigenvalue weighted by atomic mass is 19.4. The maximum Gasteiger partial charge on any atom is 0.416 e. The second-order valence-electron chi connectivity index (χ2n) is 5.41. The molecule has 1 aliphatic rings. The minimum Gasteiger partial charge on any atom is -0.481 e. The maximum absolute atomic E-state index is 12.6. The molecule has 3 nitrogen and oxygen atoms in total. The van der Waals surface area contributed by atoms with E-state index in [4.69, 9.17) is 5.11 Å². The minimum atomic E-state index is -4.36. The van der Waals surface area contributed by atoms with E-state index < -0.39 is 23.6 Å². The van der Waals surface area contributed by atoms with Crippen LogP contribution in [0.2, 0.25) is 0 Å². The largest absolute Gasteiger partial charge is 0.481 e.